The minimum atomic E-state index is -1.09. The lowest BCUT2D eigenvalue weighted by Gasteiger charge is -2.44. The first-order valence-electron chi connectivity index (χ1n) is 14.5. The Labute approximate surface area is 247 Å². The molecular weight excluding hydrogens is 550 g/mol. The zero-order chi connectivity index (χ0) is 29.0. The number of thiazole rings is 1. The summed E-state index contributed by atoms with van der Waals surface area (Å²) in [6, 6.07) is 16.8. The number of carbonyl (C=O) groups is 3. The van der Waals surface area contributed by atoms with Crippen LogP contribution in [0.25, 0.3) is 10.2 Å². The van der Waals surface area contributed by atoms with Crippen LogP contribution < -0.4 is 11.5 Å². The van der Waals surface area contributed by atoms with Crippen molar-refractivity contribution in [3.63, 3.8) is 0 Å². The number of hydrogen-bond donors (Lipinski definition) is 3. The van der Waals surface area contributed by atoms with Gasteiger partial charge in [0.25, 0.3) is 5.91 Å². The summed E-state index contributed by atoms with van der Waals surface area (Å²) in [5.41, 5.74) is 15.1. The molecule has 0 bridgehead atoms. The molecule has 10 nitrogen and oxygen atoms in total. The highest BCUT2D eigenvalue weighted by Gasteiger charge is 2.51. The summed E-state index contributed by atoms with van der Waals surface area (Å²) in [5, 5.41) is 3.97. The van der Waals surface area contributed by atoms with Crippen molar-refractivity contribution in [3.05, 3.63) is 76.6 Å². The Balaban J connectivity index is 1.15. The molecule has 11 heteroatoms. The topological polar surface area (TPSA) is 151 Å². The van der Waals surface area contributed by atoms with Crippen molar-refractivity contribution in [2.24, 2.45) is 17.6 Å². The molecule has 7 rings (SSSR count). The number of amides is 1. The molecule has 42 heavy (non-hydrogen) atoms. The number of imidazole rings is 1. The number of ketones is 2. The third kappa shape index (κ3) is 4.71. The average Bonchev–Trinajstić information content (AvgIpc) is 3.76. The summed E-state index contributed by atoms with van der Waals surface area (Å²) in [6.07, 6.45) is 2.61. The number of rotatable bonds is 8. The van der Waals surface area contributed by atoms with Crippen LogP contribution in [0.3, 0.4) is 0 Å². The van der Waals surface area contributed by atoms with E-state index in [1.807, 2.05) is 59.6 Å². The summed E-state index contributed by atoms with van der Waals surface area (Å²) in [5.74, 6) is -0.828. The number of hydrazine groups is 1. The average molecular weight is 584 g/mol. The van der Waals surface area contributed by atoms with Crippen LogP contribution in [0, 0.1) is 11.8 Å². The molecular formula is C31H33N7O3S. The Hall–Kier alpha value is -3.93. The van der Waals surface area contributed by atoms with Gasteiger partial charge in [0.15, 0.2) is 22.5 Å². The van der Waals surface area contributed by atoms with E-state index < -0.39 is 17.5 Å². The van der Waals surface area contributed by atoms with E-state index in [2.05, 4.69) is 15.0 Å². The van der Waals surface area contributed by atoms with Crippen molar-refractivity contribution in [1.29, 1.82) is 0 Å². The number of nitrogens with one attached hydrogen (secondary N) is 1. The fraction of sp³-hybridized carbons (Fsp3) is 0.387. The maximum absolute atomic E-state index is 14.1. The molecule has 2 aromatic carbocycles. The molecule has 2 fully saturated rings. The summed E-state index contributed by atoms with van der Waals surface area (Å²) in [7, 11) is 0. The second-order valence-corrected chi connectivity index (χ2v) is 12.9. The van der Waals surface area contributed by atoms with E-state index in [1.54, 1.807) is 5.01 Å². The number of carbonyl (C=O) groups excluding carboxylic acids is 3. The molecule has 216 valence electrons. The number of benzene rings is 2. The smallest absolute Gasteiger partial charge is 0.258 e. The lowest BCUT2D eigenvalue weighted by molar-refractivity contribution is -0.165. The number of fused-ring (bicyclic) bond motifs is 3. The highest BCUT2D eigenvalue weighted by atomic mass is 32.1. The minimum Gasteiger partial charge on any atom is -0.369 e. The van der Waals surface area contributed by atoms with Gasteiger partial charge in [0.05, 0.1) is 15.9 Å². The van der Waals surface area contributed by atoms with E-state index in [9.17, 15) is 14.4 Å². The first-order valence-corrected chi connectivity index (χ1v) is 15.3. The van der Waals surface area contributed by atoms with E-state index in [0.717, 1.165) is 27.2 Å². The van der Waals surface area contributed by atoms with Gasteiger partial charge in [-0.2, -0.15) is 0 Å². The van der Waals surface area contributed by atoms with Crippen molar-refractivity contribution < 1.29 is 14.4 Å². The Morgan fingerprint density at radius 2 is 1.86 bits per heavy atom. The Kier molecular flexibility index (Phi) is 6.68. The third-order valence-corrected chi connectivity index (χ3v) is 10.1. The molecule has 2 saturated heterocycles. The van der Waals surface area contributed by atoms with Crippen LogP contribution in [0.15, 0.2) is 54.6 Å². The van der Waals surface area contributed by atoms with E-state index >= 15 is 0 Å². The van der Waals surface area contributed by atoms with Gasteiger partial charge < -0.3 is 16.5 Å². The van der Waals surface area contributed by atoms with Crippen molar-refractivity contribution in [3.8, 4) is 0 Å². The Morgan fingerprint density at radius 3 is 2.64 bits per heavy atom. The number of H-pyrrole nitrogens is 1. The number of hydrogen-bond acceptors (Lipinski definition) is 9. The predicted octanol–water partition coefficient (Wildman–Crippen LogP) is 2.94. The summed E-state index contributed by atoms with van der Waals surface area (Å²) < 4.78 is 0.931. The number of nitrogens with zero attached hydrogens (tertiary/aromatic N) is 4. The monoisotopic (exact) mass is 583 g/mol. The third-order valence-electron chi connectivity index (χ3n) is 9.08. The second-order valence-electron chi connectivity index (χ2n) is 11.8. The van der Waals surface area contributed by atoms with Crippen LogP contribution in [-0.2, 0) is 28.9 Å². The zero-order valence-corrected chi connectivity index (χ0v) is 24.0. The molecule has 1 amide bonds. The number of aromatic nitrogens is 3. The van der Waals surface area contributed by atoms with Crippen LogP contribution in [0.4, 0.5) is 5.95 Å². The van der Waals surface area contributed by atoms with Crippen LogP contribution in [0.1, 0.15) is 46.0 Å². The number of para-hydroxylation sites is 1. The van der Waals surface area contributed by atoms with Crippen molar-refractivity contribution in [2.45, 2.75) is 50.1 Å². The number of anilines is 1. The van der Waals surface area contributed by atoms with Crippen LogP contribution >= 0.6 is 11.3 Å². The van der Waals surface area contributed by atoms with Crippen LogP contribution in [0.5, 0.6) is 0 Å². The number of aromatic amines is 1. The molecule has 4 aromatic rings. The van der Waals surface area contributed by atoms with Crippen LogP contribution in [-0.4, -0.2) is 67.1 Å². The first kappa shape index (κ1) is 26.9. The van der Waals surface area contributed by atoms with Gasteiger partial charge in [0, 0.05) is 31.1 Å². The van der Waals surface area contributed by atoms with Gasteiger partial charge in [0.2, 0.25) is 0 Å². The second kappa shape index (κ2) is 10.4. The van der Waals surface area contributed by atoms with Gasteiger partial charge >= 0.3 is 0 Å². The molecule has 4 heterocycles. The number of nitrogen functional groups attached to an aromatic ring is 1. The molecule has 2 aromatic heterocycles. The van der Waals surface area contributed by atoms with Gasteiger partial charge in [-0.15, -0.1) is 11.3 Å². The van der Waals surface area contributed by atoms with Gasteiger partial charge in [-0.05, 0) is 55.7 Å². The lowest BCUT2D eigenvalue weighted by atomic mass is 9.81. The molecule has 2 aliphatic heterocycles. The molecule has 3 aliphatic rings. The summed E-state index contributed by atoms with van der Waals surface area (Å²) in [6.45, 7) is 1.22. The highest BCUT2D eigenvalue weighted by Crippen LogP contribution is 2.38. The fourth-order valence-corrected chi connectivity index (χ4v) is 7.88. The maximum Gasteiger partial charge on any atom is 0.258 e. The molecule has 0 radical (unpaired) electrons. The maximum atomic E-state index is 14.1. The van der Waals surface area contributed by atoms with Crippen LogP contribution in [0.2, 0.25) is 0 Å². The largest absolute Gasteiger partial charge is 0.369 e. The van der Waals surface area contributed by atoms with Crippen molar-refractivity contribution in [2.75, 3.05) is 18.8 Å². The van der Waals surface area contributed by atoms with Gasteiger partial charge in [0.1, 0.15) is 11.6 Å². The van der Waals surface area contributed by atoms with Crippen molar-refractivity contribution >= 4 is 45.0 Å². The molecule has 0 saturated carbocycles. The summed E-state index contributed by atoms with van der Waals surface area (Å²) >= 11 is 1.35. The number of nitrogens with two attached hydrogens (primary N) is 2. The molecule has 1 aliphatic carbocycles. The minimum absolute atomic E-state index is 0.0255. The lowest BCUT2D eigenvalue weighted by Crippen LogP contribution is -2.66. The molecule has 4 atom stereocenters. The highest BCUT2D eigenvalue weighted by molar-refractivity contribution is 7.20. The molecule has 1 unspecified atom stereocenters. The standard InChI is InChI=1S/C31H33N7O3S/c32-30-35-22-14-19(15-23(22)36-30)20(27(40)28-34-21-8-4-5-9-26(21)42-28)16-25(39)24-10-12-37-13-11-31(33,29(41)38(24)37)17-18-6-2-1-3-7-18/h1-9,19-20,24H,10-17,33H2,(H3,32,35,36)/t20-,24-,31+/m0/s1. The zero-order valence-electron chi connectivity index (χ0n) is 23.2. The Bertz CT molecular complexity index is 1630. The Morgan fingerprint density at radius 1 is 1.07 bits per heavy atom. The normalized spacial score (nSPS) is 23.3. The summed E-state index contributed by atoms with van der Waals surface area (Å²) in [4.78, 5) is 54.2. The quantitative estimate of drug-likeness (QED) is 0.268. The van der Waals surface area contributed by atoms with E-state index in [4.69, 9.17) is 11.5 Å². The SMILES string of the molecule is Nc1nc2c([nH]1)CC([C@H](CC(=O)[C@@H]1CCN3CC[C@@](N)(Cc4ccccc4)C(=O)N13)C(=O)c1nc3ccccc3s1)C2. The molecule has 5 N–H and O–H groups in total. The van der Waals surface area contributed by atoms with Crippen molar-refractivity contribution in [1.82, 2.24) is 25.0 Å². The van der Waals surface area contributed by atoms with Gasteiger partial charge in [-0.25, -0.2) is 15.0 Å². The predicted molar refractivity (Wildman–Crippen MR) is 159 cm³/mol. The van der Waals surface area contributed by atoms with Gasteiger partial charge in [-0.3, -0.25) is 19.4 Å². The van der Waals surface area contributed by atoms with E-state index in [1.165, 1.54) is 11.3 Å². The molecule has 0 spiro atoms. The van der Waals surface area contributed by atoms with E-state index in [-0.39, 0.29) is 29.8 Å². The van der Waals surface area contributed by atoms with E-state index in [0.29, 0.717) is 56.1 Å². The first-order chi connectivity index (χ1) is 20.3. The number of Topliss-reactive ketones (excluding diaryl/α,β-unsaturated/α-hetero) is 2. The van der Waals surface area contributed by atoms with Gasteiger partial charge in [-0.1, -0.05) is 42.5 Å². The fourth-order valence-electron chi connectivity index (χ4n) is 6.91.